The lowest BCUT2D eigenvalue weighted by molar-refractivity contribution is 0.0913. The van der Waals surface area contributed by atoms with Crippen molar-refractivity contribution < 1.29 is 13.2 Å². The van der Waals surface area contributed by atoms with Crippen LogP contribution in [-0.2, 0) is 27.7 Å². The molecule has 1 aromatic carbocycles. The number of halogens is 1. The summed E-state index contributed by atoms with van der Waals surface area (Å²) in [7, 11) is -3.35. The Labute approximate surface area is 132 Å². The van der Waals surface area contributed by atoms with E-state index in [9.17, 15) is 8.42 Å². The molecule has 0 aliphatic carbocycles. The quantitative estimate of drug-likeness (QED) is 0.834. The van der Waals surface area contributed by atoms with Gasteiger partial charge in [-0.15, -0.1) is 12.4 Å². The third kappa shape index (κ3) is 5.82. The van der Waals surface area contributed by atoms with Crippen LogP contribution < -0.4 is 10.0 Å². The number of hydrogen-bond acceptors (Lipinski definition) is 4. The first-order chi connectivity index (χ1) is 9.46. The fraction of sp³-hybridized carbons (Fsp3) is 0.571. The van der Waals surface area contributed by atoms with Crippen LogP contribution in [0.1, 0.15) is 25.0 Å². The number of ether oxygens (including phenoxy) is 1. The van der Waals surface area contributed by atoms with E-state index in [0.717, 1.165) is 19.5 Å². The summed E-state index contributed by atoms with van der Waals surface area (Å²) in [6.07, 6.45) is 0.975. The molecule has 1 heterocycles. The molecule has 5 nitrogen and oxygen atoms in total. The highest BCUT2D eigenvalue weighted by atomic mass is 35.5. The number of rotatable bonds is 6. The second-order valence-electron chi connectivity index (χ2n) is 5.25. The molecule has 0 atom stereocenters. The summed E-state index contributed by atoms with van der Waals surface area (Å²) in [5.41, 5.74) is 3.08. The van der Waals surface area contributed by atoms with E-state index in [2.05, 4.69) is 10.0 Å². The Hall–Kier alpha value is -0.820. The summed E-state index contributed by atoms with van der Waals surface area (Å²) >= 11 is 0. The Bertz CT molecular complexity index is 561. The van der Waals surface area contributed by atoms with E-state index in [1.165, 1.54) is 11.1 Å². The molecule has 0 amide bonds. The van der Waals surface area contributed by atoms with Gasteiger partial charge in [-0.25, -0.2) is 8.42 Å². The maximum Gasteiger partial charge on any atom is 0.235 e. The molecule has 0 spiro atoms. The Morgan fingerprint density at radius 2 is 2.10 bits per heavy atom. The monoisotopic (exact) mass is 334 g/mol. The van der Waals surface area contributed by atoms with Crippen LogP contribution in [0.5, 0.6) is 0 Å². The lowest BCUT2D eigenvalue weighted by Gasteiger charge is -2.18. The van der Waals surface area contributed by atoms with Crippen molar-refractivity contribution >= 4 is 28.1 Å². The highest BCUT2D eigenvalue weighted by Crippen LogP contribution is 2.19. The minimum atomic E-state index is -3.35. The van der Waals surface area contributed by atoms with Gasteiger partial charge in [0.25, 0.3) is 0 Å². The SMILES string of the molecule is CC(C)OCCS(=O)(=O)Nc1ccc2c(c1)CCNC2.Cl. The van der Waals surface area contributed by atoms with Crippen molar-refractivity contribution in [2.45, 2.75) is 32.9 Å². The molecule has 0 fully saturated rings. The highest BCUT2D eigenvalue weighted by Gasteiger charge is 2.13. The minimum Gasteiger partial charge on any atom is -0.378 e. The van der Waals surface area contributed by atoms with Gasteiger partial charge >= 0.3 is 0 Å². The second kappa shape index (κ2) is 7.98. The van der Waals surface area contributed by atoms with Gasteiger partial charge in [0.15, 0.2) is 0 Å². The maximum atomic E-state index is 11.9. The molecule has 0 saturated carbocycles. The van der Waals surface area contributed by atoms with Crippen molar-refractivity contribution in [1.82, 2.24) is 5.32 Å². The molecule has 0 unspecified atom stereocenters. The molecule has 1 aliphatic rings. The number of benzene rings is 1. The van der Waals surface area contributed by atoms with Crippen molar-refractivity contribution in [3.05, 3.63) is 29.3 Å². The largest absolute Gasteiger partial charge is 0.378 e. The van der Waals surface area contributed by atoms with Crippen molar-refractivity contribution in [1.29, 1.82) is 0 Å². The zero-order chi connectivity index (χ0) is 14.6. The summed E-state index contributed by atoms with van der Waals surface area (Å²) in [6.45, 7) is 5.77. The van der Waals surface area contributed by atoms with E-state index in [1.54, 1.807) is 0 Å². The molecule has 21 heavy (non-hydrogen) atoms. The van der Waals surface area contributed by atoms with Crippen LogP contribution in [0.2, 0.25) is 0 Å². The lowest BCUT2D eigenvalue weighted by Crippen LogP contribution is -2.24. The molecule has 7 heteroatoms. The first-order valence-electron chi connectivity index (χ1n) is 6.91. The fourth-order valence-electron chi connectivity index (χ4n) is 2.16. The minimum absolute atomic E-state index is 0. The molecular formula is C14H23ClN2O3S. The standard InChI is InChI=1S/C14H22N2O3S.ClH/c1-11(2)19-7-8-20(17,18)16-14-4-3-13-10-15-6-5-12(13)9-14;/h3-4,9,11,15-16H,5-8,10H2,1-2H3;1H. The molecule has 0 saturated heterocycles. The van der Waals surface area contributed by atoms with Crippen LogP contribution >= 0.6 is 12.4 Å². The third-order valence-corrected chi connectivity index (χ3v) is 4.42. The van der Waals surface area contributed by atoms with Crippen molar-refractivity contribution in [2.24, 2.45) is 0 Å². The molecule has 0 radical (unpaired) electrons. The van der Waals surface area contributed by atoms with Crippen LogP contribution in [-0.4, -0.2) is 33.4 Å². The first kappa shape index (κ1) is 18.2. The van der Waals surface area contributed by atoms with Crippen LogP contribution in [0.25, 0.3) is 0 Å². The Balaban J connectivity index is 0.00000220. The zero-order valence-electron chi connectivity index (χ0n) is 12.4. The summed E-state index contributed by atoms with van der Waals surface area (Å²) in [5.74, 6) is -0.0240. The van der Waals surface area contributed by atoms with Gasteiger partial charge in [-0.2, -0.15) is 0 Å². The van der Waals surface area contributed by atoms with Crippen molar-refractivity contribution in [2.75, 3.05) is 23.6 Å². The van der Waals surface area contributed by atoms with Gasteiger partial charge in [-0.05, 0) is 50.1 Å². The predicted molar refractivity (Wildman–Crippen MR) is 87.6 cm³/mol. The number of fused-ring (bicyclic) bond motifs is 1. The summed E-state index contributed by atoms with van der Waals surface area (Å²) in [6, 6.07) is 5.72. The maximum absolute atomic E-state index is 11.9. The molecule has 2 N–H and O–H groups in total. The average Bonchev–Trinajstić information content (AvgIpc) is 2.37. The third-order valence-electron chi connectivity index (χ3n) is 3.17. The summed E-state index contributed by atoms with van der Waals surface area (Å²) < 4.78 is 31.8. The van der Waals surface area contributed by atoms with Gasteiger partial charge in [0.1, 0.15) is 0 Å². The van der Waals surface area contributed by atoms with Gasteiger partial charge in [0.05, 0.1) is 18.5 Å². The second-order valence-corrected chi connectivity index (χ2v) is 7.09. The highest BCUT2D eigenvalue weighted by molar-refractivity contribution is 7.92. The Kier molecular flexibility index (Phi) is 6.93. The van der Waals surface area contributed by atoms with Crippen LogP contribution in [0, 0.1) is 0 Å². The molecule has 0 aromatic heterocycles. The van der Waals surface area contributed by atoms with Gasteiger partial charge in [0.2, 0.25) is 10.0 Å². The fourth-order valence-corrected chi connectivity index (χ4v) is 3.07. The summed E-state index contributed by atoms with van der Waals surface area (Å²) in [5, 5.41) is 3.29. The molecule has 1 aliphatic heterocycles. The van der Waals surface area contributed by atoms with Crippen LogP contribution in [0.3, 0.4) is 0 Å². The first-order valence-corrected chi connectivity index (χ1v) is 8.56. The Morgan fingerprint density at radius 3 is 2.81 bits per heavy atom. The van der Waals surface area contributed by atoms with Crippen LogP contribution in [0.15, 0.2) is 18.2 Å². The lowest BCUT2D eigenvalue weighted by atomic mass is 10.0. The van der Waals surface area contributed by atoms with E-state index in [0.29, 0.717) is 5.69 Å². The number of nitrogens with one attached hydrogen (secondary N) is 2. The topological polar surface area (TPSA) is 67.4 Å². The molecule has 0 bridgehead atoms. The van der Waals surface area contributed by atoms with E-state index >= 15 is 0 Å². The van der Waals surface area contributed by atoms with E-state index in [1.807, 2.05) is 32.0 Å². The smallest absolute Gasteiger partial charge is 0.235 e. The Morgan fingerprint density at radius 1 is 1.33 bits per heavy atom. The van der Waals surface area contributed by atoms with Gasteiger partial charge in [-0.3, -0.25) is 4.72 Å². The molecule has 1 aromatic rings. The zero-order valence-corrected chi connectivity index (χ0v) is 14.0. The van der Waals surface area contributed by atoms with Crippen molar-refractivity contribution in [3.8, 4) is 0 Å². The number of anilines is 1. The van der Waals surface area contributed by atoms with E-state index < -0.39 is 10.0 Å². The van der Waals surface area contributed by atoms with Gasteiger partial charge < -0.3 is 10.1 Å². The number of sulfonamides is 1. The normalized spacial score (nSPS) is 14.4. The van der Waals surface area contributed by atoms with E-state index in [4.69, 9.17) is 4.74 Å². The van der Waals surface area contributed by atoms with Gasteiger partial charge in [-0.1, -0.05) is 6.07 Å². The average molecular weight is 335 g/mol. The van der Waals surface area contributed by atoms with E-state index in [-0.39, 0.29) is 30.9 Å². The molecular weight excluding hydrogens is 312 g/mol. The molecule has 120 valence electrons. The molecule has 2 rings (SSSR count). The predicted octanol–water partition coefficient (Wildman–Crippen LogP) is 1.92. The van der Waals surface area contributed by atoms with Crippen LogP contribution in [0.4, 0.5) is 5.69 Å². The summed E-state index contributed by atoms with van der Waals surface area (Å²) in [4.78, 5) is 0. The number of hydrogen-bond donors (Lipinski definition) is 2. The van der Waals surface area contributed by atoms with Gasteiger partial charge in [0, 0.05) is 12.2 Å². The van der Waals surface area contributed by atoms with Crippen molar-refractivity contribution in [3.63, 3.8) is 0 Å².